The summed E-state index contributed by atoms with van der Waals surface area (Å²) in [5, 5.41) is 8.97. The molecule has 0 radical (unpaired) electrons. The summed E-state index contributed by atoms with van der Waals surface area (Å²) in [6, 6.07) is 2.89. The van der Waals surface area contributed by atoms with Crippen molar-refractivity contribution in [3.63, 3.8) is 0 Å². The second kappa shape index (κ2) is 6.63. The molecule has 0 saturated heterocycles. The highest BCUT2D eigenvalue weighted by Crippen LogP contribution is 2.29. The number of carbonyl (C=O) groups excluding carboxylic acids is 1. The van der Waals surface area contributed by atoms with E-state index in [0.29, 0.717) is 18.5 Å². The number of carboxylic acid groups (broad SMARTS) is 1. The molecule has 1 aromatic rings. The number of anilines is 1. The first-order valence-electron chi connectivity index (χ1n) is 5.54. The molecule has 0 spiro atoms. The summed E-state index contributed by atoms with van der Waals surface area (Å²) in [6.45, 7) is 0.338. The average molecular weight is 305 g/mol. The molecule has 0 fully saturated rings. The van der Waals surface area contributed by atoms with Crippen LogP contribution in [0.3, 0.4) is 0 Å². The first-order valence-corrected chi connectivity index (χ1v) is 6.30. The van der Waals surface area contributed by atoms with Crippen molar-refractivity contribution < 1.29 is 14.7 Å². The molecular formula is C12H14Cl2N2O3. The van der Waals surface area contributed by atoms with Gasteiger partial charge in [-0.15, -0.1) is 0 Å². The van der Waals surface area contributed by atoms with Crippen molar-refractivity contribution in [1.29, 1.82) is 0 Å². The highest BCUT2D eigenvalue weighted by molar-refractivity contribution is 6.39. The van der Waals surface area contributed by atoms with Crippen LogP contribution in [0.2, 0.25) is 10.0 Å². The molecule has 1 rings (SSSR count). The Morgan fingerprint density at radius 2 is 1.84 bits per heavy atom. The molecule has 104 valence electrons. The Labute approximate surface area is 120 Å². The van der Waals surface area contributed by atoms with Crippen molar-refractivity contribution in [2.75, 3.05) is 19.3 Å². The van der Waals surface area contributed by atoms with Crippen LogP contribution in [0.4, 0.5) is 5.69 Å². The molecule has 0 aliphatic carbocycles. The Bertz CT molecular complexity index is 483. The lowest BCUT2D eigenvalue weighted by Crippen LogP contribution is -2.28. The summed E-state index contributed by atoms with van der Waals surface area (Å²) in [6.07, 6.45) is 0.398. The van der Waals surface area contributed by atoms with Crippen molar-refractivity contribution in [2.24, 2.45) is 0 Å². The van der Waals surface area contributed by atoms with Crippen molar-refractivity contribution in [2.45, 2.75) is 12.8 Å². The lowest BCUT2D eigenvalue weighted by molar-refractivity contribution is -0.137. The van der Waals surface area contributed by atoms with Gasteiger partial charge in [0.2, 0.25) is 0 Å². The molecule has 0 aromatic heterocycles. The number of amides is 1. The number of nitrogens with two attached hydrogens (primary N) is 1. The van der Waals surface area contributed by atoms with Crippen LogP contribution >= 0.6 is 23.2 Å². The predicted molar refractivity (Wildman–Crippen MR) is 74.7 cm³/mol. The third-order valence-electron chi connectivity index (χ3n) is 2.56. The zero-order chi connectivity index (χ0) is 14.6. The molecule has 0 heterocycles. The smallest absolute Gasteiger partial charge is 0.303 e. The zero-order valence-electron chi connectivity index (χ0n) is 10.3. The number of nitrogen functional groups attached to an aromatic ring is 1. The first kappa shape index (κ1) is 15.6. The number of carbonyl (C=O) groups is 2. The fourth-order valence-electron chi connectivity index (χ4n) is 1.50. The summed E-state index contributed by atoms with van der Waals surface area (Å²) in [4.78, 5) is 23.9. The van der Waals surface area contributed by atoms with E-state index in [4.69, 9.17) is 34.0 Å². The van der Waals surface area contributed by atoms with Crippen LogP contribution in [-0.4, -0.2) is 35.5 Å². The van der Waals surface area contributed by atoms with Gasteiger partial charge in [-0.25, -0.2) is 0 Å². The van der Waals surface area contributed by atoms with Gasteiger partial charge in [-0.05, 0) is 18.6 Å². The van der Waals surface area contributed by atoms with Crippen LogP contribution in [0.15, 0.2) is 12.1 Å². The van der Waals surface area contributed by atoms with Gasteiger partial charge in [0, 0.05) is 25.6 Å². The quantitative estimate of drug-likeness (QED) is 0.819. The number of rotatable bonds is 5. The van der Waals surface area contributed by atoms with Crippen LogP contribution in [0.1, 0.15) is 23.2 Å². The summed E-state index contributed by atoms with van der Waals surface area (Å²) in [5.41, 5.74) is 6.14. The molecule has 0 saturated carbocycles. The van der Waals surface area contributed by atoms with Gasteiger partial charge in [0.15, 0.2) is 0 Å². The van der Waals surface area contributed by atoms with Gasteiger partial charge in [0.1, 0.15) is 0 Å². The molecular weight excluding hydrogens is 291 g/mol. The maximum Gasteiger partial charge on any atom is 0.303 e. The number of benzene rings is 1. The molecule has 3 N–H and O–H groups in total. The van der Waals surface area contributed by atoms with E-state index in [-0.39, 0.29) is 28.1 Å². The maximum absolute atomic E-state index is 12.1. The van der Waals surface area contributed by atoms with Crippen molar-refractivity contribution in [3.8, 4) is 0 Å². The number of carboxylic acids is 1. The van der Waals surface area contributed by atoms with Crippen molar-refractivity contribution >= 4 is 40.8 Å². The Kier molecular flexibility index (Phi) is 5.44. The SMILES string of the molecule is CN(CCCC(=O)O)C(=O)c1cc(Cl)c(N)c(Cl)c1. The van der Waals surface area contributed by atoms with E-state index < -0.39 is 5.97 Å². The van der Waals surface area contributed by atoms with Gasteiger partial charge in [0.05, 0.1) is 15.7 Å². The van der Waals surface area contributed by atoms with Crippen LogP contribution in [0.5, 0.6) is 0 Å². The van der Waals surface area contributed by atoms with Gasteiger partial charge < -0.3 is 15.7 Å². The molecule has 7 heteroatoms. The van der Waals surface area contributed by atoms with E-state index in [9.17, 15) is 9.59 Å². The minimum Gasteiger partial charge on any atom is -0.481 e. The maximum atomic E-state index is 12.1. The average Bonchev–Trinajstić information content (AvgIpc) is 2.33. The number of hydrogen-bond acceptors (Lipinski definition) is 3. The number of hydrogen-bond donors (Lipinski definition) is 2. The Morgan fingerprint density at radius 1 is 1.32 bits per heavy atom. The third-order valence-corrected chi connectivity index (χ3v) is 3.18. The molecule has 0 aliphatic heterocycles. The van der Waals surface area contributed by atoms with Crippen LogP contribution in [0.25, 0.3) is 0 Å². The molecule has 1 aromatic carbocycles. The van der Waals surface area contributed by atoms with E-state index in [1.807, 2.05) is 0 Å². The first-order chi connectivity index (χ1) is 8.82. The van der Waals surface area contributed by atoms with E-state index in [1.165, 1.54) is 17.0 Å². The Balaban J connectivity index is 2.74. The zero-order valence-corrected chi connectivity index (χ0v) is 11.8. The van der Waals surface area contributed by atoms with Crippen LogP contribution < -0.4 is 5.73 Å². The fraction of sp³-hybridized carbons (Fsp3) is 0.333. The summed E-state index contributed by atoms with van der Waals surface area (Å²) >= 11 is 11.7. The van der Waals surface area contributed by atoms with Gasteiger partial charge in [0.25, 0.3) is 5.91 Å². The van der Waals surface area contributed by atoms with Gasteiger partial charge in [-0.1, -0.05) is 23.2 Å². The van der Waals surface area contributed by atoms with Gasteiger partial charge in [-0.3, -0.25) is 9.59 Å². The number of aliphatic carboxylic acids is 1. The van der Waals surface area contributed by atoms with E-state index >= 15 is 0 Å². The normalized spacial score (nSPS) is 10.3. The second-order valence-electron chi connectivity index (χ2n) is 4.08. The minimum atomic E-state index is -0.889. The monoisotopic (exact) mass is 304 g/mol. The molecule has 0 aliphatic rings. The van der Waals surface area contributed by atoms with E-state index in [0.717, 1.165) is 0 Å². The third kappa shape index (κ3) is 4.29. The lowest BCUT2D eigenvalue weighted by Gasteiger charge is -2.17. The molecule has 0 atom stereocenters. The van der Waals surface area contributed by atoms with Gasteiger partial charge >= 0.3 is 5.97 Å². The second-order valence-corrected chi connectivity index (χ2v) is 4.89. The van der Waals surface area contributed by atoms with E-state index in [1.54, 1.807) is 7.05 Å². The summed E-state index contributed by atoms with van der Waals surface area (Å²) in [5.74, 6) is -1.17. The summed E-state index contributed by atoms with van der Waals surface area (Å²) < 4.78 is 0. The van der Waals surface area contributed by atoms with Crippen molar-refractivity contribution in [1.82, 2.24) is 4.90 Å². The molecule has 19 heavy (non-hydrogen) atoms. The van der Waals surface area contributed by atoms with Crippen molar-refractivity contribution in [3.05, 3.63) is 27.7 Å². The Hall–Kier alpha value is -1.46. The van der Waals surface area contributed by atoms with E-state index in [2.05, 4.69) is 0 Å². The number of halogens is 2. The lowest BCUT2D eigenvalue weighted by atomic mass is 10.1. The highest BCUT2D eigenvalue weighted by Gasteiger charge is 2.15. The van der Waals surface area contributed by atoms with Gasteiger partial charge in [-0.2, -0.15) is 0 Å². The largest absolute Gasteiger partial charge is 0.481 e. The molecule has 1 amide bonds. The molecule has 0 bridgehead atoms. The molecule has 5 nitrogen and oxygen atoms in total. The predicted octanol–water partition coefficient (Wildman–Crippen LogP) is 2.51. The highest BCUT2D eigenvalue weighted by atomic mass is 35.5. The standard InChI is InChI=1S/C12H14Cl2N2O3/c1-16(4-2-3-10(17)18)12(19)7-5-8(13)11(15)9(14)6-7/h5-6H,2-4,15H2,1H3,(H,17,18). The topological polar surface area (TPSA) is 83.6 Å². The summed E-state index contributed by atoms with van der Waals surface area (Å²) in [7, 11) is 1.59. The van der Waals surface area contributed by atoms with Crippen LogP contribution in [0, 0.1) is 0 Å². The number of nitrogens with zero attached hydrogens (tertiary/aromatic N) is 1. The fourth-order valence-corrected chi connectivity index (χ4v) is 1.98. The Morgan fingerprint density at radius 3 is 2.32 bits per heavy atom. The molecule has 0 unspecified atom stereocenters. The van der Waals surface area contributed by atoms with Crippen LogP contribution in [-0.2, 0) is 4.79 Å². The minimum absolute atomic E-state index is 0.0148.